The van der Waals surface area contributed by atoms with Crippen LogP contribution in [0, 0.1) is 0 Å². The summed E-state index contributed by atoms with van der Waals surface area (Å²) in [4.78, 5) is 10.7. The second-order valence-electron chi connectivity index (χ2n) is 1.98. The molecule has 0 spiro atoms. The first kappa shape index (κ1) is 8.00. The van der Waals surface area contributed by atoms with Crippen LogP contribution in [0.3, 0.4) is 0 Å². The van der Waals surface area contributed by atoms with E-state index in [1.54, 1.807) is 12.1 Å². The molecule has 0 aromatic carbocycles. The lowest BCUT2D eigenvalue weighted by molar-refractivity contribution is -0.554. The Balaban J connectivity index is 3.23. The fourth-order valence-corrected chi connectivity index (χ4v) is 1.01. The standard InChI is InChI=1S/C6H6BrN3O/c7-4-1-2-5(8)10(3-4)6(9)11/h1-3,8H,(H2,9,11)/p+1. The average molecular weight is 217 g/mol. The van der Waals surface area contributed by atoms with Gasteiger partial charge >= 0.3 is 6.03 Å². The molecule has 1 heterocycles. The molecule has 1 aromatic heterocycles. The van der Waals surface area contributed by atoms with E-state index in [1.165, 1.54) is 6.20 Å². The van der Waals surface area contributed by atoms with Crippen molar-refractivity contribution in [2.75, 3.05) is 5.73 Å². The van der Waals surface area contributed by atoms with Crippen molar-refractivity contribution in [2.24, 2.45) is 5.73 Å². The van der Waals surface area contributed by atoms with Crippen LogP contribution in [-0.2, 0) is 0 Å². The lowest BCUT2D eigenvalue weighted by Crippen LogP contribution is -2.49. The minimum absolute atomic E-state index is 0.320. The summed E-state index contributed by atoms with van der Waals surface area (Å²) < 4.78 is 1.91. The monoisotopic (exact) mass is 216 g/mol. The van der Waals surface area contributed by atoms with Gasteiger partial charge < -0.3 is 5.73 Å². The van der Waals surface area contributed by atoms with Crippen LogP contribution in [0.1, 0.15) is 0 Å². The van der Waals surface area contributed by atoms with Crippen molar-refractivity contribution in [3.8, 4) is 0 Å². The van der Waals surface area contributed by atoms with E-state index >= 15 is 0 Å². The van der Waals surface area contributed by atoms with Crippen LogP contribution in [0.5, 0.6) is 0 Å². The summed E-state index contributed by atoms with van der Waals surface area (Å²) in [6.07, 6.45) is 1.51. The van der Waals surface area contributed by atoms with E-state index in [-0.39, 0.29) is 0 Å². The number of nitrogen functional groups attached to an aromatic ring is 1. The molecule has 0 aliphatic heterocycles. The van der Waals surface area contributed by atoms with Gasteiger partial charge in [-0.3, -0.25) is 5.73 Å². The molecule has 5 heteroatoms. The lowest BCUT2D eigenvalue weighted by Gasteiger charge is -1.97. The molecule has 1 amide bonds. The van der Waals surface area contributed by atoms with Gasteiger partial charge in [-0.1, -0.05) is 0 Å². The third-order valence-corrected chi connectivity index (χ3v) is 1.65. The molecule has 0 fully saturated rings. The van der Waals surface area contributed by atoms with Gasteiger partial charge in [0.1, 0.15) is 0 Å². The molecule has 1 rings (SSSR count). The third-order valence-electron chi connectivity index (χ3n) is 1.18. The molecular weight excluding hydrogens is 210 g/mol. The van der Waals surface area contributed by atoms with Gasteiger partial charge in [0, 0.05) is 10.5 Å². The van der Waals surface area contributed by atoms with Crippen molar-refractivity contribution < 1.29 is 9.36 Å². The maximum atomic E-state index is 10.7. The number of amides is 1. The van der Waals surface area contributed by atoms with E-state index < -0.39 is 6.03 Å². The normalized spacial score (nSPS) is 9.55. The maximum absolute atomic E-state index is 10.7. The van der Waals surface area contributed by atoms with E-state index in [4.69, 9.17) is 11.5 Å². The van der Waals surface area contributed by atoms with Crippen LogP contribution in [0.15, 0.2) is 22.8 Å². The zero-order valence-electron chi connectivity index (χ0n) is 5.62. The number of hydrogen-bond donors (Lipinski definition) is 2. The molecule has 0 bridgehead atoms. The van der Waals surface area contributed by atoms with Crippen LogP contribution in [0.4, 0.5) is 10.6 Å². The Morgan fingerprint density at radius 2 is 2.18 bits per heavy atom. The van der Waals surface area contributed by atoms with Crippen LogP contribution in [-0.4, -0.2) is 6.03 Å². The summed E-state index contributed by atoms with van der Waals surface area (Å²) in [5.41, 5.74) is 10.4. The molecule has 0 radical (unpaired) electrons. The quantitative estimate of drug-likeness (QED) is 0.611. The van der Waals surface area contributed by atoms with Crippen LogP contribution in [0.25, 0.3) is 0 Å². The Kier molecular flexibility index (Phi) is 2.09. The molecule has 11 heavy (non-hydrogen) atoms. The zero-order valence-corrected chi connectivity index (χ0v) is 7.21. The predicted molar refractivity (Wildman–Crippen MR) is 43.7 cm³/mol. The number of nitrogens with two attached hydrogens (primary N) is 2. The molecule has 4 N–H and O–H groups in total. The summed E-state index contributed by atoms with van der Waals surface area (Å²) in [5.74, 6) is 0.320. The van der Waals surface area contributed by atoms with E-state index in [9.17, 15) is 4.79 Å². The largest absolute Gasteiger partial charge is 0.438 e. The minimum Gasteiger partial charge on any atom is -0.318 e. The van der Waals surface area contributed by atoms with Gasteiger partial charge in [-0.05, 0) is 22.0 Å². The van der Waals surface area contributed by atoms with Crippen LogP contribution >= 0.6 is 15.9 Å². The number of pyridine rings is 1. The topological polar surface area (TPSA) is 73.0 Å². The van der Waals surface area contributed by atoms with Crippen molar-refractivity contribution in [2.45, 2.75) is 0 Å². The van der Waals surface area contributed by atoms with Crippen molar-refractivity contribution >= 4 is 27.8 Å². The minimum atomic E-state index is -0.594. The third kappa shape index (κ3) is 1.68. The Morgan fingerprint density at radius 1 is 1.55 bits per heavy atom. The van der Waals surface area contributed by atoms with Gasteiger partial charge in [0.25, 0.3) is 0 Å². The van der Waals surface area contributed by atoms with Gasteiger partial charge in [-0.25, -0.2) is 4.79 Å². The molecule has 0 aliphatic rings. The molecule has 58 valence electrons. The summed E-state index contributed by atoms with van der Waals surface area (Å²) >= 11 is 3.18. The van der Waals surface area contributed by atoms with E-state index in [2.05, 4.69) is 15.9 Å². The Bertz CT molecular complexity index is 300. The average Bonchev–Trinajstić information content (AvgIpc) is 1.94. The predicted octanol–water partition coefficient (Wildman–Crippen LogP) is 0.246. The highest BCUT2D eigenvalue weighted by Gasteiger charge is 2.08. The highest BCUT2D eigenvalue weighted by molar-refractivity contribution is 9.10. The summed E-state index contributed by atoms with van der Waals surface area (Å²) in [7, 11) is 0. The second-order valence-corrected chi connectivity index (χ2v) is 2.90. The number of aromatic nitrogens is 1. The first-order valence-corrected chi connectivity index (χ1v) is 3.67. The number of anilines is 1. The van der Waals surface area contributed by atoms with Crippen molar-refractivity contribution in [1.29, 1.82) is 0 Å². The molecule has 0 atom stereocenters. The highest BCUT2D eigenvalue weighted by Crippen LogP contribution is 2.06. The second kappa shape index (κ2) is 2.87. The summed E-state index contributed by atoms with van der Waals surface area (Å²) in [6.45, 7) is 0. The Morgan fingerprint density at radius 3 is 2.64 bits per heavy atom. The molecule has 4 nitrogen and oxygen atoms in total. The molecular formula is C6H7BrN3O+. The number of hydrogen-bond acceptors (Lipinski definition) is 2. The van der Waals surface area contributed by atoms with E-state index in [1.807, 2.05) is 0 Å². The molecule has 0 unspecified atom stereocenters. The van der Waals surface area contributed by atoms with Gasteiger partial charge in [0.05, 0.1) is 6.20 Å². The fourth-order valence-electron chi connectivity index (χ4n) is 0.677. The Hall–Kier alpha value is -1.10. The maximum Gasteiger partial charge on any atom is 0.438 e. The van der Waals surface area contributed by atoms with Crippen molar-refractivity contribution in [3.05, 3.63) is 22.8 Å². The van der Waals surface area contributed by atoms with Crippen LogP contribution in [0.2, 0.25) is 0 Å². The molecule has 0 saturated heterocycles. The highest BCUT2D eigenvalue weighted by atomic mass is 79.9. The first-order chi connectivity index (χ1) is 5.11. The SMILES string of the molecule is NC(=O)[n+]1cc(Br)ccc1N. The first-order valence-electron chi connectivity index (χ1n) is 2.88. The number of primary amides is 1. The molecule has 1 aromatic rings. The van der Waals surface area contributed by atoms with Gasteiger partial charge in [-0.15, -0.1) is 0 Å². The van der Waals surface area contributed by atoms with Gasteiger partial charge in [-0.2, -0.15) is 4.57 Å². The summed E-state index contributed by atoms with van der Waals surface area (Å²) in [6, 6.07) is 2.73. The fraction of sp³-hybridized carbons (Fsp3) is 0. The number of carbonyl (C=O) groups is 1. The zero-order chi connectivity index (χ0) is 8.43. The number of halogens is 1. The van der Waals surface area contributed by atoms with Crippen LogP contribution < -0.4 is 16.0 Å². The van der Waals surface area contributed by atoms with Gasteiger partial charge in [0.15, 0.2) is 0 Å². The summed E-state index contributed by atoms with van der Waals surface area (Å²) in [5, 5.41) is 0. The smallest absolute Gasteiger partial charge is 0.318 e. The number of nitrogens with zero attached hydrogens (tertiary/aromatic N) is 1. The van der Waals surface area contributed by atoms with E-state index in [0.29, 0.717) is 5.82 Å². The number of carbonyl (C=O) groups excluding carboxylic acids is 1. The van der Waals surface area contributed by atoms with Crippen molar-refractivity contribution in [1.82, 2.24) is 0 Å². The molecule has 0 aliphatic carbocycles. The Labute approximate surface area is 71.9 Å². The van der Waals surface area contributed by atoms with Gasteiger partial charge in [0.2, 0.25) is 5.82 Å². The van der Waals surface area contributed by atoms with Crippen molar-refractivity contribution in [3.63, 3.8) is 0 Å². The number of rotatable bonds is 0. The molecule has 0 saturated carbocycles. The lowest BCUT2D eigenvalue weighted by atomic mass is 10.4. The van der Waals surface area contributed by atoms with E-state index in [0.717, 1.165) is 9.04 Å².